The summed E-state index contributed by atoms with van der Waals surface area (Å²) in [5.41, 5.74) is 2.01. The Bertz CT molecular complexity index is 681. The van der Waals surface area contributed by atoms with Crippen molar-refractivity contribution in [2.24, 2.45) is 0 Å². The molecule has 6 heteroatoms. The van der Waals surface area contributed by atoms with Gasteiger partial charge in [-0.25, -0.2) is 4.39 Å². The van der Waals surface area contributed by atoms with Crippen molar-refractivity contribution in [3.8, 4) is 0 Å². The largest absolute Gasteiger partial charge is 0.329 e. The van der Waals surface area contributed by atoms with Gasteiger partial charge < -0.3 is 10.2 Å². The van der Waals surface area contributed by atoms with Gasteiger partial charge in [0, 0.05) is 37.6 Å². The highest BCUT2D eigenvalue weighted by molar-refractivity contribution is 5.94. The van der Waals surface area contributed by atoms with E-state index in [1.807, 2.05) is 17.0 Å². The van der Waals surface area contributed by atoms with E-state index in [1.165, 1.54) is 6.07 Å². The van der Waals surface area contributed by atoms with Crippen LogP contribution in [0.4, 0.5) is 4.39 Å². The van der Waals surface area contributed by atoms with Crippen molar-refractivity contribution in [3.63, 3.8) is 0 Å². The van der Waals surface area contributed by atoms with Gasteiger partial charge in [0.25, 0.3) is 5.91 Å². The number of aryl methyl sites for hydroxylation is 1. The first-order valence-electron chi connectivity index (χ1n) is 7.34. The van der Waals surface area contributed by atoms with Crippen LogP contribution >= 0.6 is 12.4 Å². The van der Waals surface area contributed by atoms with E-state index < -0.39 is 0 Å². The number of hydrogen-bond acceptors (Lipinski definition) is 3. The monoisotopic (exact) mass is 335 g/mol. The maximum absolute atomic E-state index is 13.4. The van der Waals surface area contributed by atoms with Crippen LogP contribution in [0.1, 0.15) is 27.5 Å². The molecule has 2 heterocycles. The Morgan fingerprint density at radius 2 is 2.22 bits per heavy atom. The Morgan fingerprint density at radius 3 is 2.91 bits per heavy atom. The molecule has 0 aliphatic carbocycles. The summed E-state index contributed by atoms with van der Waals surface area (Å²) in [5.74, 6) is -0.362. The summed E-state index contributed by atoms with van der Waals surface area (Å²) < 4.78 is 13.4. The minimum Gasteiger partial charge on any atom is -0.329 e. The zero-order valence-electron chi connectivity index (χ0n) is 12.8. The lowest BCUT2D eigenvalue weighted by Gasteiger charge is -2.36. The van der Waals surface area contributed by atoms with Crippen LogP contribution in [0.25, 0.3) is 0 Å². The lowest BCUT2D eigenvalue weighted by molar-refractivity contribution is 0.0634. The Kier molecular flexibility index (Phi) is 5.69. The van der Waals surface area contributed by atoms with Crippen LogP contribution in [0.5, 0.6) is 0 Å². The summed E-state index contributed by atoms with van der Waals surface area (Å²) in [6.07, 6.45) is 3.50. The number of rotatable bonds is 2. The molecule has 1 aromatic carbocycles. The summed E-state index contributed by atoms with van der Waals surface area (Å²) in [6, 6.07) is 8.30. The number of hydrogen-bond donors (Lipinski definition) is 1. The smallest absolute Gasteiger partial charge is 0.254 e. The minimum absolute atomic E-state index is 0. The molecule has 0 radical (unpaired) electrons. The van der Waals surface area contributed by atoms with Gasteiger partial charge in [-0.15, -0.1) is 12.4 Å². The van der Waals surface area contributed by atoms with Crippen molar-refractivity contribution in [1.29, 1.82) is 0 Å². The standard InChI is InChI=1S/C17H18FN3O.ClH/c1-12-9-13(4-5-15(12)18)17(22)21-8-7-20-11-16(21)14-3-2-6-19-10-14;/h2-6,9-10,16,20H,7-8,11H2,1H3;1H. The Balaban J connectivity index is 0.00000192. The third-order valence-corrected chi connectivity index (χ3v) is 3.98. The molecular weight excluding hydrogens is 317 g/mol. The number of piperazine rings is 1. The molecule has 0 saturated carbocycles. The third-order valence-electron chi connectivity index (χ3n) is 3.98. The SMILES string of the molecule is Cc1cc(C(=O)N2CCNCC2c2cccnc2)ccc1F.Cl. The van der Waals surface area contributed by atoms with E-state index in [9.17, 15) is 9.18 Å². The fourth-order valence-electron chi connectivity index (χ4n) is 2.76. The van der Waals surface area contributed by atoms with Crippen LogP contribution in [0, 0.1) is 12.7 Å². The van der Waals surface area contributed by atoms with Gasteiger partial charge in [0.2, 0.25) is 0 Å². The molecule has 1 aliphatic heterocycles. The summed E-state index contributed by atoms with van der Waals surface area (Å²) >= 11 is 0. The molecule has 1 aromatic heterocycles. The van der Waals surface area contributed by atoms with Crippen molar-refractivity contribution >= 4 is 18.3 Å². The molecule has 23 heavy (non-hydrogen) atoms. The number of carbonyl (C=O) groups is 1. The fraction of sp³-hybridized carbons (Fsp3) is 0.294. The predicted octanol–water partition coefficient (Wildman–Crippen LogP) is 2.74. The molecule has 1 saturated heterocycles. The highest BCUT2D eigenvalue weighted by atomic mass is 35.5. The molecule has 4 nitrogen and oxygen atoms in total. The van der Waals surface area contributed by atoms with Gasteiger partial charge in [-0.05, 0) is 42.3 Å². The van der Waals surface area contributed by atoms with Crippen LogP contribution in [0.15, 0.2) is 42.7 Å². The van der Waals surface area contributed by atoms with E-state index in [0.717, 1.165) is 12.1 Å². The highest BCUT2D eigenvalue weighted by Gasteiger charge is 2.28. The van der Waals surface area contributed by atoms with Gasteiger partial charge in [0.15, 0.2) is 0 Å². The van der Waals surface area contributed by atoms with Gasteiger partial charge >= 0.3 is 0 Å². The topological polar surface area (TPSA) is 45.2 Å². The molecule has 1 fully saturated rings. The molecule has 1 unspecified atom stereocenters. The molecule has 1 N–H and O–H groups in total. The van der Waals surface area contributed by atoms with Crippen LogP contribution in [0.3, 0.4) is 0 Å². The number of halogens is 2. The van der Waals surface area contributed by atoms with E-state index in [2.05, 4.69) is 10.3 Å². The summed E-state index contributed by atoms with van der Waals surface area (Å²) in [7, 11) is 0. The quantitative estimate of drug-likeness (QED) is 0.918. The predicted molar refractivity (Wildman–Crippen MR) is 89.3 cm³/mol. The normalized spacial score (nSPS) is 17.5. The van der Waals surface area contributed by atoms with Crippen molar-refractivity contribution < 1.29 is 9.18 Å². The highest BCUT2D eigenvalue weighted by Crippen LogP contribution is 2.24. The molecule has 1 aliphatic rings. The Labute approximate surface area is 141 Å². The van der Waals surface area contributed by atoms with Crippen LogP contribution in [-0.4, -0.2) is 35.4 Å². The van der Waals surface area contributed by atoms with E-state index in [-0.39, 0.29) is 30.2 Å². The van der Waals surface area contributed by atoms with Crippen molar-refractivity contribution in [2.45, 2.75) is 13.0 Å². The zero-order chi connectivity index (χ0) is 15.5. The second kappa shape index (κ2) is 7.53. The van der Waals surface area contributed by atoms with Crippen LogP contribution < -0.4 is 5.32 Å². The first-order chi connectivity index (χ1) is 10.7. The van der Waals surface area contributed by atoms with Gasteiger partial charge in [-0.3, -0.25) is 9.78 Å². The average Bonchev–Trinajstić information content (AvgIpc) is 2.57. The summed E-state index contributed by atoms with van der Waals surface area (Å²) in [6.45, 7) is 3.73. The summed E-state index contributed by atoms with van der Waals surface area (Å²) in [5, 5.41) is 3.31. The van der Waals surface area contributed by atoms with E-state index in [4.69, 9.17) is 0 Å². The number of nitrogens with zero attached hydrogens (tertiary/aromatic N) is 2. The van der Waals surface area contributed by atoms with Gasteiger partial charge in [0.1, 0.15) is 5.82 Å². The van der Waals surface area contributed by atoms with Crippen molar-refractivity contribution in [2.75, 3.05) is 19.6 Å². The molecule has 122 valence electrons. The van der Waals surface area contributed by atoms with Gasteiger partial charge in [0.05, 0.1) is 6.04 Å². The number of pyridine rings is 1. The second-order valence-electron chi connectivity index (χ2n) is 5.47. The first kappa shape index (κ1) is 17.4. The molecular formula is C17H19ClFN3O. The Hall–Kier alpha value is -1.98. The van der Waals surface area contributed by atoms with Gasteiger partial charge in [-0.2, -0.15) is 0 Å². The Morgan fingerprint density at radius 1 is 1.39 bits per heavy atom. The number of nitrogens with one attached hydrogen (secondary N) is 1. The maximum Gasteiger partial charge on any atom is 0.254 e. The third kappa shape index (κ3) is 3.68. The molecule has 2 aromatic rings. The average molecular weight is 336 g/mol. The number of carbonyl (C=O) groups excluding carboxylic acids is 1. The number of benzene rings is 1. The van der Waals surface area contributed by atoms with Crippen molar-refractivity contribution in [1.82, 2.24) is 15.2 Å². The lowest BCUT2D eigenvalue weighted by atomic mass is 10.0. The molecule has 1 amide bonds. The molecule has 0 bridgehead atoms. The summed E-state index contributed by atoms with van der Waals surface area (Å²) in [4.78, 5) is 18.8. The minimum atomic E-state index is -0.291. The van der Waals surface area contributed by atoms with E-state index in [0.29, 0.717) is 24.2 Å². The molecule has 1 atom stereocenters. The zero-order valence-corrected chi connectivity index (χ0v) is 13.6. The fourth-order valence-corrected chi connectivity index (χ4v) is 2.76. The van der Waals surface area contributed by atoms with Crippen molar-refractivity contribution in [3.05, 3.63) is 65.2 Å². The molecule has 3 rings (SSSR count). The second-order valence-corrected chi connectivity index (χ2v) is 5.47. The first-order valence-corrected chi connectivity index (χ1v) is 7.34. The van der Waals surface area contributed by atoms with Gasteiger partial charge in [-0.1, -0.05) is 6.07 Å². The maximum atomic E-state index is 13.4. The number of aromatic nitrogens is 1. The number of amides is 1. The van der Waals surface area contributed by atoms with E-state index >= 15 is 0 Å². The van der Waals surface area contributed by atoms with E-state index in [1.54, 1.807) is 31.5 Å². The lowest BCUT2D eigenvalue weighted by Crippen LogP contribution is -2.48. The molecule has 0 spiro atoms. The van der Waals surface area contributed by atoms with Crippen LogP contribution in [-0.2, 0) is 0 Å². The van der Waals surface area contributed by atoms with Crippen LogP contribution in [0.2, 0.25) is 0 Å².